The highest BCUT2D eigenvalue weighted by atomic mass is 16.7. The van der Waals surface area contributed by atoms with Crippen LogP contribution in [0.4, 0.5) is 0 Å². The first-order chi connectivity index (χ1) is 28.6. The first kappa shape index (κ1) is 44.8. The quantitative estimate of drug-likeness (QED) is 0.187. The van der Waals surface area contributed by atoms with Gasteiger partial charge in [-0.3, -0.25) is 14.4 Å². The van der Waals surface area contributed by atoms with E-state index in [4.69, 9.17) is 33.2 Å². The molecule has 1 saturated carbocycles. The molecule has 14 unspecified atom stereocenters. The smallest absolute Gasteiger partial charge is 0.196 e. The average Bonchev–Trinajstić information content (AvgIpc) is 3.17. The van der Waals surface area contributed by atoms with Crippen molar-refractivity contribution in [2.75, 3.05) is 0 Å². The molecule has 18 heteroatoms. The van der Waals surface area contributed by atoms with Crippen molar-refractivity contribution in [1.29, 1.82) is 0 Å². The van der Waals surface area contributed by atoms with Crippen LogP contribution < -0.4 is 0 Å². The second-order valence-corrected chi connectivity index (χ2v) is 18.4. The Balaban J connectivity index is 1.04. The van der Waals surface area contributed by atoms with Crippen molar-refractivity contribution in [2.24, 2.45) is 0 Å². The van der Waals surface area contributed by atoms with E-state index in [2.05, 4.69) is 0 Å². The van der Waals surface area contributed by atoms with Crippen LogP contribution in [-0.2, 0) is 38.0 Å². The van der Waals surface area contributed by atoms with Crippen molar-refractivity contribution in [1.82, 2.24) is 0 Å². The van der Waals surface area contributed by atoms with Crippen LogP contribution in [0.2, 0.25) is 0 Å². The Morgan fingerprint density at radius 2 is 1.36 bits per heavy atom. The van der Waals surface area contributed by atoms with E-state index < -0.39 is 168 Å². The van der Waals surface area contributed by atoms with Crippen molar-refractivity contribution in [3.63, 3.8) is 0 Å². The molecule has 0 radical (unpaired) electrons. The number of aromatic hydroxyl groups is 1. The topological polar surface area (TPSA) is 278 Å². The second kappa shape index (κ2) is 16.3. The predicted octanol–water partition coefficient (Wildman–Crippen LogP) is 0.682. The van der Waals surface area contributed by atoms with Crippen LogP contribution in [0.1, 0.15) is 125 Å². The Morgan fingerprint density at radius 3 is 2.05 bits per heavy atom. The summed E-state index contributed by atoms with van der Waals surface area (Å²) >= 11 is 0. The minimum atomic E-state index is -2.56. The van der Waals surface area contributed by atoms with Gasteiger partial charge in [0.25, 0.3) is 0 Å². The number of rotatable bonds is 7. The lowest BCUT2D eigenvalue weighted by Gasteiger charge is -2.57. The highest BCUT2D eigenvalue weighted by molar-refractivity contribution is 6.31. The first-order valence-corrected chi connectivity index (χ1v) is 21.3. The van der Waals surface area contributed by atoms with Gasteiger partial charge >= 0.3 is 0 Å². The monoisotopic (exact) mass is 862 g/mol. The standard InChI is InChI=1S/C43H58O18/c1-17-23(44)8-10-31(56-17)61-43-29(47)15-41(5,53)16-42(43,54)14-25(46)34-35(43)39(51)22-7-6-21(38(50)33(22)40(34)52)27-13-28(37(49)20(4)55-27)60-30-11-9-26(18(2)57-30)59-32-12-24(45)36(48)19(3)58-32/h6-7,17-20,23-28,30-32,36-37,44-46,48-50,53-54H,8-16H2,1-5H3/t17?,18?,19?,20?,23?,24?,25-,26?,27?,28?,30?,31?,32?,36?,37?,41+,42+,43+/m1/s1. The van der Waals surface area contributed by atoms with Crippen LogP contribution in [0.15, 0.2) is 23.3 Å². The lowest BCUT2D eigenvalue weighted by Crippen LogP contribution is -2.73. The molecule has 4 heterocycles. The van der Waals surface area contributed by atoms with E-state index in [1.54, 1.807) is 27.7 Å². The molecule has 1 aromatic rings. The van der Waals surface area contributed by atoms with E-state index in [9.17, 15) is 55.2 Å². The molecule has 0 bridgehead atoms. The molecule has 0 amide bonds. The SMILES string of the molecule is CC1OC(O[C@]23C(=O)C[C@](C)(O)C[C@@]2(O)C[C@@H](O)C2=C3C(=O)c3ccc(C4CC(OC5CCC(OC6CC(O)C(O)C(C)O6)C(C)O5)C(O)C(C)O4)c(O)c3C2=O)CCC1O. The summed E-state index contributed by atoms with van der Waals surface area (Å²) < 4.78 is 42.6. The van der Waals surface area contributed by atoms with E-state index in [-0.39, 0.29) is 36.8 Å². The Hall–Kier alpha value is -2.79. The summed E-state index contributed by atoms with van der Waals surface area (Å²) in [6, 6.07) is 2.68. The molecular formula is C43H58O18. The number of ketones is 3. The predicted molar refractivity (Wildman–Crippen MR) is 206 cm³/mol. The summed E-state index contributed by atoms with van der Waals surface area (Å²) in [5.41, 5.74) is -8.50. The molecular weight excluding hydrogens is 804 g/mol. The van der Waals surface area contributed by atoms with Crippen molar-refractivity contribution in [3.8, 4) is 5.75 Å². The number of hydrogen-bond acceptors (Lipinski definition) is 18. The molecule has 18 atom stereocenters. The molecule has 338 valence electrons. The third-order valence-electron chi connectivity index (χ3n) is 13.8. The summed E-state index contributed by atoms with van der Waals surface area (Å²) in [6.45, 7) is 8.00. The third kappa shape index (κ3) is 7.73. The van der Waals surface area contributed by atoms with Crippen LogP contribution in [0.3, 0.4) is 0 Å². The van der Waals surface area contributed by atoms with Crippen LogP contribution >= 0.6 is 0 Å². The van der Waals surface area contributed by atoms with E-state index >= 15 is 0 Å². The number of aliphatic hydroxyl groups is 7. The minimum Gasteiger partial charge on any atom is -0.507 e. The van der Waals surface area contributed by atoms with Gasteiger partial charge in [0.05, 0.1) is 77.8 Å². The molecule has 8 rings (SSSR count). The number of fused-ring (bicyclic) bond motifs is 3. The Labute approximate surface area is 352 Å². The molecule has 1 aromatic carbocycles. The van der Waals surface area contributed by atoms with Gasteiger partial charge < -0.3 is 74.0 Å². The summed E-state index contributed by atoms with van der Waals surface area (Å²) in [5, 5.41) is 88.6. The lowest BCUT2D eigenvalue weighted by molar-refractivity contribution is -0.306. The number of carbonyl (C=O) groups is 3. The van der Waals surface area contributed by atoms with Crippen LogP contribution in [0.25, 0.3) is 0 Å². The first-order valence-electron chi connectivity index (χ1n) is 21.3. The zero-order valence-electron chi connectivity index (χ0n) is 34.8. The molecule has 8 N–H and O–H groups in total. The summed E-state index contributed by atoms with van der Waals surface area (Å²) in [7, 11) is 0. The van der Waals surface area contributed by atoms with Crippen molar-refractivity contribution >= 4 is 17.3 Å². The zero-order chi connectivity index (χ0) is 44.1. The van der Waals surface area contributed by atoms with Gasteiger partial charge in [-0.05, 0) is 53.5 Å². The van der Waals surface area contributed by atoms with Crippen LogP contribution in [0.5, 0.6) is 5.75 Å². The number of Topliss-reactive ketones (excluding diaryl/α,β-unsaturated/α-hetero) is 3. The van der Waals surface area contributed by atoms with Gasteiger partial charge in [-0.15, -0.1) is 0 Å². The summed E-state index contributed by atoms with van der Waals surface area (Å²) in [4.78, 5) is 43.7. The zero-order valence-corrected chi connectivity index (χ0v) is 34.8. The Bertz CT molecular complexity index is 1920. The molecule has 4 aliphatic heterocycles. The fraction of sp³-hybridized carbons (Fsp3) is 0.744. The van der Waals surface area contributed by atoms with Gasteiger partial charge in [0.15, 0.2) is 41.8 Å². The largest absolute Gasteiger partial charge is 0.507 e. The fourth-order valence-electron chi connectivity index (χ4n) is 10.6. The van der Waals surface area contributed by atoms with E-state index in [1.165, 1.54) is 19.1 Å². The van der Waals surface area contributed by atoms with E-state index in [1.807, 2.05) is 0 Å². The number of aliphatic hydroxyl groups excluding tert-OH is 5. The molecule has 7 aliphatic rings. The molecule has 4 saturated heterocycles. The molecule has 3 aliphatic carbocycles. The van der Waals surface area contributed by atoms with Gasteiger partial charge in [-0.1, -0.05) is 6.07 Å². The maximum absolute atomic E-state index is 14.8. The van der Waals surface area contributed by atoms with Gasteiger partial charge in [0.1, 0.15) is 23.6 Å². The van der Waals surface area contributed by atoms with Crippen LogP contribution in [-0.4, -0.2) is 161 Å². The Kier molecular flexibility index (Phi) is 12.0. The highest BCUT2D eigenvalue weighted by Gasteiger charge is 2.71. The number of benzene rings is 1. The summed E-state index contributed by atoms with van der Waals surface area (Å²) in [6.07, 6.45) is -13.9. The van der Waals surface area contributed by atoms with Crippen molar-refractivity contribution < 1.29 is 88.4 Å². The van der Waals surface area contributed by atoms with Crippen LogP contribution in [0, 0.1) is 0 Å². The maximum Gasteiger partial charge on any atom is 0.196 e. The van der Waals surface area contributed by atoms with Gasteiger partial charge in [-0.2, -0.15) is 0 Å². The molecule has 0 aromatic heterocycles. The fourth-order valence-corrected chi connectivity index (χ4v) is 10.6. The number of ether oxygens (including phenoxy) is 7. The van der Waals surface area contributed by atoms with Gasteiger partial charge in [0.2, 0.25) is 0 Å². The Morgan fingerprint density at radius 1 is 0.705 bits per heavy atom. The number of phenols is 1. The average molecular weight is 863 g/mol. The highest BCUT2D eigenvalue weighted by Crippen LogP contribution is 2.57. The van der Waals surface area contributed by atoms with E-state index in [0.29, 0.717) is 12.8 Å². The number of hydrogen-bond donors (Lipinski definition) is 8. The van der Waals surface area contributed by atoms with Crippen molar-refractivity contribution in [3.05, 3.63) is 40.0 Å². The normalized spacial score (nSPS) is 46.8. The number of carbonyl (C=O) groups excluding carboxylic acids is 3. The maximum atomic E-state index is 14.8. The molecule has 61 heavy (non-hydrogen) atoms. The molecule has 18 nitrogen and oxygen atoms in total. The lowest BCUT2D eigenvalue weighted by atomic mass is 9.54. The van der Waals surface area contributed by atoms with Crippen molar-refractivity contribution in [2.45, 2.75) is 201 Å². The molecule has 5 fully saturated rings. The van der Waals surface area contributed by atoms with E-state index in [0.717, 1.165) is 0 Å². The third-order valence-corrected chi connectivity index (χ3v) is 13.8. The summed E-state index contributed by atoms with van der Waals surface area (Å²) in [5.74, 6) is -3.45. The van der Waals surface area contributed by atoms with Gasteiger partial charge in [-0.25, -0.2) is 0 Å². The second-order valence-electron chi connectivity index (χ2n) is 18.4. The number of phenolic OH excluding ortho intramolecular Hbond substituents is 1. The molecule has 0 spiro atoms. The minimum absolute atomic E-state index is 0.00826. The van der Waals surface area contributed by atoms with Gasteiger partial charge in [0, 0.05) is 61.6 Å².